The fourth-order valence-corrected chi connectivity index (χ4v) is 6.98. The highest BCUT2D eigenvalue weighted by Crippen LogP contribution is 2.38. The average Bonchev–Trinajstić information content (AvgIpc) is 3.73. The first kappa shape index (κ1) is 43.1. The monoisotopic (exact) mass is 888 g/mol. The molecule has 6 aromatic rings. The zero-order valence-corrected chi connectivity index (χ0v) is 32.1. The summed E-state index contributed by atoms with van der Waals surface area (Å²) >= 11 is 0. The van der Waals surface area contributed by atoms with Crippen LogP contribution in [-0.2, 0) is 20.2 Å². The van der Waals surface area contributed by atoms with Gasteiger partial charge in [0.15, 0.2) is 11.4 Å². The number of carboxylic acid groups (broad SMARTS) is 4. The number of azo groups is 2. The Morgan fingerprint density at radius 1 is 0.516 bits per heavy atom. The molecule has 0 bridgehead atoms. The van der Waals surface area contributed by atoms with Crippen LogP contribution in [0.1, 0.15) is 52.8 Å². The van der Waals surface area contributed by atoms with Crippen molar-refractivity contribution in [2.45, 2.75) is 9.79 Å². The molecular weight excluding hydrogens is 865 g/mol. The molecule has 0 aliphatic rings. The molecule has 0 fully saturated rings. The van der Waals surface area contributed by atoms with E-state index in [0.29, 0.717) is 9.36 Å². The van der Waals surface area contributed by atoms with Crippen LogP contribution in [-0.4, -0.2) is 100 Å². The fourth-order valence-electron chi connectivity index (χ4n) is 5.58. The molecule has 8 N–H and O–H groups in total. The molecule has 0 unspecified atom stereocenters. The van der Waals surface area contributed by atoms with Crippen LogP contribution in [0.4, 0.5) is 22.7 Å². The van der Waals surface area contributed by atoms with E-state index in [2.05, 4.69) is 30.7 Å². The SMILES string of the molecule is O=C(O)c1ccccc1-n1nc(C(=O)O)c(N=Nc2ccc(/C=C/c3ccc(N=Nc4c(C(=O)O)nn(-c5ccccc5C(=O)O)c4O)cc3S(=O)(=O)O)c(S(=O)(=O)O)c2)c1O. The summed E-state index contributed by atoms with van der Waals surface area (Å²) in [6.45, 7) is 0. The molecule has 0 aliphatic carbocycles. The smallest absolute Gasteiger partial charge is 0.358 e. The summed E-state index contributed by atoms with van der Waals surface area (Å²) < 4.78 is 71.0. The van der Waals surface area contributed by atoms with E-state index in [0.717, 1.165) is 48.6 Å². The molecule has 24 nitrogen and oxygen atoms in total. The normalized spacial score (nSPS) is 12.1. The maximum absolute atomic E-state index is 12.4. The topological polar surface area (TPSA) is 383 Å². The lowest BCUT2D eigenvalue weighted by molar-refractivity contribution is 0.0679. The Labute approximate surface area is 345 Å². The van der Waals surface area contributed by atoms with Gasteiger partial charge in [0.1, 0.15) is 9.79 Å². The number of hydrogen-bond donors (Lipinski definition) is 8. The summed E-state index contributed by atoms with van der Waals surface area (Å²) in [7, 11) is -10.2. The van der Waals surface area contributed by atoms with Crippen molar-refractivity contribution in [3.63, 3.8) is 0 Å². The molecule has 26 heteroatoms. The van der Waals surface area contributed by atoms with Gasteiger partial charge in [0.25, 0.3) is 20.2 Å². The predicted molar refractivity (Wildman–Crippen MR) is 208 cm³/mol. The highest BCUT2D eigenvalue weighted by Gasteiger charge is 2.28. The molecule has 316 valence electrons. The van der Waals surface area contributed by atoms with Crippen molar-refractivity contribution in [2.75, 3.05) is 0 Å². The van der Waals surface area contributed by atoms with Crippen LogP contribution in [0.2, 0.25) is 0 Å². The minimum Gasteiger partial charge on any atom is -0.492 e. The summed E-state index contributed by atoms with van der Waals surface area (Å²) in [5, 5.41) is 82.3. The standard InChI is InChI=1S/C36H24N8O16S2/c45-31-27(29(35(51)52)41-43(31)23-7-3-1-5-21(23)33(47)48)39-37-19-13-11-17(25(15-19)61(55,56)57)9-10-18-12-14-20(16-26(18)62(58,59)60)38-40-28-30(36(53)54)42-44(32(28)46)24-8-4-2-6-22(24)34(49)50/h1-16,45-46H,(H,47,48)(H,49,50)(H,51,52)(H,53,54)(H,55,56,57)(H,58,59,60)/b10-9+,39-37?,40-38?. The molecule has 4 aromatic carbocycles. The first-order valence-electron chi connectivity index (χ1n) is 16.7. The lowest BCUT2D eigenvalue weighted by Crippen LogP contribution is -2.07. The minimum atomic E-state index is -5.09. The quantitative estimate of drug-likeness (QED) is 0.0366. The van der Waals surface area contributed by atoms with Crippen LogP contribution in [0.15, 0.2) is 115 Å². The molecule has 0 spiro atoms. The van der Waals surface area contributed by atoms with E-state index in [1.165, 1.54) is 48.5 Å². The molecule has 0 saturated heterocycles. The summed E-state index contributed by atoms with van der Waals surface area (Å²) in [5.74, 6) is -8.17. The predicted octanol–water partition coefficient (Wildman–Crippen LogP) is 5.76. The van der Waals surface area contributed by atoms with Crippen LogP contribution in [0.25, 0.3) is 23.5 Å². The third-order valence-electron chi connectivity index (χ3n) is 8.33. The van der Waals surface area contributed by atoms with Gasteiger partial charge < -0.3 is 30.6 Å². The third kappa shape index (κ3) is 8.77. The second-order valence-corrected chi connectivity index (χ2v) is 15.0. The molecule has 2 aromatic heterocycles. The zero-order chi connectivity index (χ0) is 45.3. The van der Waals surface area contributed by atoms with E-state index >= 15 is 0 Å². The summed E-state index contributed by atoms with van der Waals surface area (Å²) in [6.07, 6.45) is 2.02. The number of carbonyl (C=O) groups is 4. The molecule has 0 atom stereocenters. The van der Waals surface area contributed by atoms with Crippen LogP contribution in [0, 0.1) is 0 Å². The number of aromatic hydroxyl groups is 2. The van der Waals surface area contributed by atoms with Gasteiger partial charge >= 0.3 is 23.9 Å². The van der Waals surface area contributed by atoms with Crippen LogP contribution in [0.3, 0.4) is 0 Å². The Morgan fingerprint density at radius 2 is 0.871 bits per heavy atom. The lowest BCUT2D eigenvalue weighted by Gasteiger charge is -2.07. The van der Waals surface area contributed by atoms with Gasteiger partial charge in [-0.1, -0.05) is 48.6 Å². The van der Waals surface area contributed by atoms with E-state index in [1.807, 2.05) is 0 Å². The van der Waals surface area contributed by atoms with E-state index in [9.17, 15) is 75.8 Å². The van der Waals surface area contributed by atoms with Gasteiger partial charge in [-0.15, -0.1) is 10.2 Å². The average molecular weight is 889 g/mol. The Bertz CT molecular complexity index is 2980. The Balaban J connectivity index is 1.34. The number of para-hydroxylation sites is 2. The van der Waals surface area contributed by atoms with Gasteiger partial charge in [-0.25, -0.2) is 19.2 Å². The molecule has 0 aliphatic heterocycles. The Morgan fingerprint density at radius 3 is 1.19 bits per heavy atom. The second kappa shape index (κ2) is 16.7. The van der Waals surface area contributed by atoms with Crippen molar-refractivity contribution in [1.29, 1.82) is 0 Å². The van der Waals surface area contributed by atoms with Crippen molar-refractivity contribution in [3.05, 3.63) is 119 Å². The van der Waals surface area contributed by atoms with Gasteiger partial charge in [-0.05, 0) is 59.7 Å². The molecule has 0 saturated carbocycles. The molecule has 6 rings (SSSR count). The Hall–Kier alpha value is -8.46. The van der Waals surface area contributed by atoms with E-state index < -0.39 is 88.4 Å². The number of benzene rings is 4. The summed E-state index contributed by atoms with van der Waals surface area (Å²) in [4.78, 5) is 45.6. The third-order valence-corrected chi connectivity index (χ3v) is 10.1. The molecule has 2 heterocycles. The first-order valence-corrected chi connectivity index (χ1v) is 19.6. The zero-order valence-electron chi connectivity index (χ0n) is 30.5. The number of nitrogens with zero attached hydrogens (tertiary/aromatic N) is 8. The van der Waals surface area contributed by atoms with E-state index in [-0.39, 0.29) is 45.0 Å². The maximum atomic E-state index is 12.4. The summed E-state index contributed by atoms with van der Waals surface area (Å²) in [6, 6.07) is 16.2. The highest BCUT2D eigenvalue weighted by atomic mass is 32.2. The maximum Gasteiger partial charge on any atom is 0.358 e. The number of carboxylic acids is 4. The number of aromatic carboxylic acids is 4. The number of hydrogen-bond acceptors (Lipinski definition) is 16. The van der Waals surface area contributed by atoms with Crippen molar-refractivity contribution in [3.8, 4) is 23.1 Å². The van der Waals surface area contributed by atoms with Crippen LogP contribution in [0.5, 0.6) is 11.8 Å². The van der Waals surface area contributed by atoms with Gasteiger partial charge in [-0.2, -0.15) is 46.6 Å². The molecule has 62 heavy (non-hydrogen) atoms. The molecular formula is C36H24N8O16S2. The Kier molecular flexibility index (Phi) is 11.6. The van der Waals surface area contributed by atoms with E-state index in [1.54, 1.807) is 0 Å². The van der Waals surface area contributed by atoms with Crippen LogP contribution < -0.4 is 0 Å². The minimum absolute atomic E-state index is 0.233. The van der Waals surface area contributed by atoms with Gasteiger partial charge in [0.05, 0.1) is 33.9 Å². The fraction of sp³-hybridized carbons (Fsp3) is 0. The van der Waals surface area contributed by atoms with E-state index in [4.69, 9.17) is 0 Å². The van der Waals surface area contributed by atoms with Gasteiger partial charge in [0.2, 0.25) is 23.1 Å². The highest BCUT2D eigenvalue weighted by molar-refractivity contribution is 7.86. The van der Waals surface area contributed by atoms with Crippen molar-refractivity contribution < 1.29 is 75.8 Å². The molecule has 0 amide bonds. The van der Waals surface area contributed by atoms with Gasteiger partial charge in [-0.3, -0.25) is 9.11 Å². The largest absolute Gasteiger partial charge is 0.492 e. The van der Waals surface area contributed by atoms with Gasteiger partial charge in [0, 0.05) is 0 Å². The molecule has 0 radical (unpaired) electrons. The first-order chi connectivity index (χ1) is 29.2. The van der Waals surface area contributed by atoms with Crippen molar-refractivity contribution in [2.24, 2.45) is 20.5 Å². The number of rotatable bonds is 14. The number of aromatic nitrogens is 4. The van der Waals surface area contributed by atoms with Crippen molar-refractivity contribution >= 4 is 79.0 Å². The van der Waals surface area contributed by atoms with Crippen molar-refractivity contribution in [1.82, 2.24) is 19.6 Å². The lowest BCUT2D eigenvalue weighted by atomic mass is 10.1. The van der Waals surface area contributed by atoms with Crippen LogP contribution >= 0.6 is 0 Å². The second-order valence-electron chi connectivity index (χ2n) is 12.2. The summed E-state index contributed by atoms with van der Waals surface area (Å²) in [5.41, 5.74) is -5.72.